The lowest BCUT2D eigenvalue weighted by Gasteiger charge is -2.13. The summed E-state index contributed by atoms with van der Waals surface area (Å²) in [5, 5.41) is 12.3. The Balaban J connectivity index is 1.58. The molecule has 0 aliphatic heterocycles. The standard InChI is InChI=1S/C27H26N4O2S/c1-18-9-14-24(19(2)15-18)31-26(16-21-7-5-4-6-8-21)29-30-27(31)34-17-25(33)22-10-12-23(13-11-22)28-20(3)32/h4-15H,16-17H2,1-3H3,(H,28,32). The van der Waals surface area contributed by atoms with Gasteiger partial charge in [0.15, 0.2) is 10.9 Å². The van der Waals surface area contributed by atoms with E-state index in [2.05, 4.69) is 64.3 Å². The van der Waals surface area contributed by atoms with Crippen molar-refractivity contribution in [2.24, 2.45) is 0 Å². The molecular weight excluding hydrogens is 444 g/mol. The Labute approximate surface area is 203 Å². The minimum atomic E-state index is -0.147. The van der Waals surface area contributed by atoms with Crippen LogP contribution < -0.4 is 5.32 Å². The fourth-order valence-electron chi connectivity index (χ4n) is 3.74. The first-order valence-electron chi connectivity index (χ1n) is 11.0. The van der Waals surface area contributed by atoms with Gasteiger partial charge in [-0.15, -0.1) is 10.2 Å². The summed E-state index contributed by atoms with van der Waals surface area (Å²) in [5.41, 5.74) is 5.71. The second-order valence-corrected chi connectivity index (χ2v) is 9.10. The molecule has 0 bridgehead atoms. The molecule has 1 amide bonds. The smallest absolute Gasteiger partial charge is 0.221 e. The van der Waals surface area contributed by atoms with E-state index in [-0.39, 0.29) is 17.4 Å². The summed E-state index contributed by atoms with van der Waals surface area (Å²) in [6, 6.07) is 23.4. The Morgan fingerprint density at radius 3 is 2.35 bits per heavy atom. The van der Waals surface area contributed by atoms with Crippen LogP contribution in [0.15, 0.2) is 78.0 Å². The van der Waals surface area contributed by atoms with Crippen LogP contribution in [0.5, 0.6) is 0 Å². The summed E-state index contributed by atoms with van der Waals surface area (Å²) in [6.45, 7) is 5.60. The molecule has 1 N–H and O–H groups in total. The number of nitrogens with zero attached hydrogens (tertiary/aromatic N) is 3. The zero-order chi connectivity index (χ0) is 24.1. The summed E-state index contributed by atoms with van der Waals surface area (Å²) in [6.07, 6.45) is 0.639. The predicted octanol–water partition coefficient (Wildman–Crippen LogP) is 5.41. The maximum atomic E-state index is 12.8. The van der Waals surface area contributed by atoms with E-state index >= 15 is 0 Å². The number of nitrogens with one attached hydrogen (secondary N) is 1. The molecule has 0 saturated carbocycles. The van der Waals surface area contributed by atoms with Crippen LogP contribution in [0.3, 0.4) is 0 Å². The van der Waals surface area contributed by atoms with Crippen molar-refractivity contribution in [3.05, 3.63) is 101 Å². The van der Waals surface area contributed by atoms with Gasteiger partial charge in [0.05, 0.1) is 11.4 Å². The Hall–Kier alpha value is -3.71. The molecule has 1 heterocycles. The molecule has 0 saturated heterocycles. The quantitative estimate of drug-likeness (QED) is 0.275. The van der Waals surface area contributed by atoms with Crippen molar-refractivity contribution in [3.63, 3.8) is 0 Å². The topological polar surface area (TPSA) is 76.9 Å². The number of thioether (sulfide) groups is 1. The monoisotopic (exact) mass is 470 g/mol. The van der Waals surface area contributed by atoms with Gasteiger partial charge in [0.25, 0.3) is 0 Å². The number of aromatic nitrogens is 3. The third kappa shape index (κ3) is 5.61. The van der Waals surface area contributed by atoms with Gasteiger partial charge in [0.1, 0.15) is 5.82 Å². The molecule has 0 atom stereocenters. The fraction of sp³-hybridized carbons (Fsp3) is 0.185. The highest BCUT2D eigenvalue weighted by Crippen LogP contribution is 2.27. The van der Waals surface area contributed by atoms with Crippen molar-refractivity contribution in [2.45, 2.75) is 32.3 Å². The highest BCUT2D eigenvalue weighted by molar-refractivity contribution is 7.99. The molecule has 34 heavy (non-hydrogen) atoms. The number of aryl methyl sites for hydroxylation is 2. The summed E-state index contributed by atoms with van der Waals surface area (Å²) in [5.74, 6) is 0.895. The van der Waals surface area contributed by atoms with E-state index in [1.165, 1.54) is 24.2 Å². The van der Waals surface area contributed by atoms with Crippen molar-refractivity contribution < 1.29 is 9.59 Å². The Morgan fingerprint density at radius 2 is 1.68 bits per heavy atom. The Morgan fingerprint density at radius 1 is 0.941 bits per heavy atom. The first-order chi connectivity index (χ1) is 16.4. The lowest BCUT2D eigenvalue weighted by atomic mass is 10.1. The van der Waals surface area contributed by atoms with Crippen LogP contribution >= 0.6 is 11.8 Å². The average molecular weight is 471 g/mol. The first-order valence-corrected chi connectivity index (χ1v) is 12.0. The third-order valence-corrected chi connectivity index (χ3v) is 6.29. The van der Waals surface area contributed by atoms with Gasteiger partial charge in [-0.2, -0.15) is 0 Å². The molecule has 0 aliphatic rings. The van der Waals surface area contributed by atoms with E-state index in [0.717, 1.165) is 22.6 Å². The van der Waals surface area contributed by atoms with E-state index in [1.807, 2.05) is 18.2 Å². The minimum absolute atomic E-state index is 0.0147. The second kappa shape index (κ2) is 10.5. The molecular formula is C27H26N4O2S. The number of hydrogen-bond acceptors (Lipinski definition) is 5. The van der Waals surface area contributed by atoms with Crippen molar-refractivity contribution >= 4 is 29.1 Å². The van der Waals surface area contributed by atoms with Crippen LogP contribution in [-0.2, 0) is 11.2 Å². The minimum Gasteiger partial charge on any atom is -0.326 e. The second-order valence-electron chi connectivity index (χ2n) is 8.16. The lowest BCUT2D eigenvalue weighted by Crippen LogP contribution is -2.08. The third-order valence-electron chi connectivity index (χ3n) is 5.36. The molecule has 0 unspecified atom stereocenters. The maximum absolute atomic E-state index is 12.8. The predicted molar refractivity (Wildman–Crippen MR) is 136 cm³/mol. The summed E-state index contributed by atoms with van der Waals surface area (Å²) in [4.78, 5) is 24.0. The number of carbonyl (C=O) groups is 2. The molecule has 0 fully saturated rings. The maximum Gasteiger partial charge on any atom is 0.221 e. The largest absolute Gasteiger partial charge is 0.326 e. The van der Waals surface area contributed by atoms with Gasteiger partial charge in [0, 0.05) is 24.6 Å². The zero-order valence-electron chi connectivity index (χ0n) is 19.4. The number of hydrogen-bond donors (Lipinski definition) is 1. The highest BCUT2D eigenvalue weighted by Gasteiger charge is 2.18. The molecule has 0 aliphatic carbocycles. The van der Waals surface area contributed by atoms with Gasteiger partial charge in [-0.3, -0.25) is 14.2 Å². The molecule has 0 radical (unpaired) electrons. The molecule has 3 aromatic carbocycles. The van der Waals surface area contributed by atoms with Crippen molar-refractivity contribution in [1.29, 1.82) is 0 Å². The van der Waals surface area contributed by atoms with Crippen molar-refractivity contribution in [2.75, 3.05) is 11.1 Å². The van der Waals surface area contributed by atoms with E-state index in [1.54, 1.807) is 24.3 Å². The Kier molecular flexibility index (Phi) is 7.23. The van der Waals surface area contributed by atoms with Gasteiger partial charge in [-0.1, -0.05) is 59.8 Å². The van der Waals surface area contributed by atoms with Gasteiger partial charge in [0.2, 0.25) is 5.91 Å². The molecule has 0 spiro atoms. The number of carbonyl (C=O) groups excluding carboxylic acids is 2. The summed E-state index contributed by atoms with van der Waals surface area (Å²) < 4.78 is 2.06. The number of ketones is 1. The molecule has 4 rings (SSSR count). The summed E-state index contributed by atoms with van der Waals surface area (Å²) in [7, 11) is 0. The van der Waals surface area contributed by atoms with Crippen LogP contribution in [0.1, 0.15) is 39.8 Å². The Bertz CT molecular complexity index is 1310. The van der Waals surface area contributed by atoms with E-state index in [9.17, 15) is 9.59 Å². The van der Waals surface area contributed by atoms with Gasteiger partial charge >= 0.3 is 0 Å². The number of benzene rings is 3. The van der Waals surface area contributed by atoms with E-state index in [0.29, 0.717) is 22.8 Å². The number of anilines is 1. The van der Waals surface area contributed by atoms with E-state index in [4.69, 9.17) is 0 Å². The molecule has 4 aromatic rings. The van der Waals surface area contributed by atoms with Crippen LogP contribution in [0, 0.1) is 13.8 Å². The van der Waals surface area contributed by atoms with Crippen LogP contribution in [0.2, 0.25) is 0 Å². The van der Waals surface area contributed by atoms with Crippen LogP contribution in [-0.4, -0.2) is 32.2 Å². The lowest BCUT2D eigenvalue weighted by molar-refractivity contribution is -0.114. The number of rotatable bonds is 8. The average Bonchev–Trinajstić information content (AvgIpc) is 3.20. The highest BCUT2D eigenvalue weighted by atomic mass is 32.2. The molecule has 6 nitrogen and oxygen atoms in total. The van der Waals surface area contributed by atoms with Crippen LogP contribution in [0.4, 0.5) is 5.69 Å². The van der Waals surface area contributed by atoms with Crippen molar-refractivity contribution in [3.8, 4) is 5.69 Å². The zero-order valence-corrected chi connectivity index (χ0v) is 20.2. The fourth-order valence-corrected chi connectivity index (χ4v) is 4.60. The SMILES string of the molecule is CC(=O)Nc1ccc(C(=O)CSc2nnc(Cc3ccccc3)n2-c2ccc(C)cc2C)cc1. The molecule has 1 aromatic heterocycles. The van der Waals surface area contributed by atoms with Crippen LogP contribution in [0.25, 0.3) is 5.69 Å². The number of Topliss-reactive ketones (excluding diaryl/α,β-unsaturated/α-hetero) is 1. The van der Waals surface area contributed by atoms with Crippen molar-refractivity contribution in [1.82, 2.24) is 14.8 Å². The molecule has 7 heteroatoms. The van der Waals surface area contributed by atoms with E-state index < -0.39 is 0 Å². The normalized spacial score (nSPS) is 10.8. The summed E-state index contributed by atoms with van der Waals surface area (Å²) >= 11 is 1.37. The van der Waals surface area contributed by atoms with Gasteiger partial charge in [-0.05, 0) is 55.3 Å². The molecule has 172 valence electrons. The van der Waals surface area contributed by atoms with Gasteiger partial charge < -0.3 is 5.32 Å². The van der Waals surface area contributed by atoms with Gasteiger partial charge in [-0.25, -0.2) is 0 Å². The first kappa shape index (κ1) is 23.4. The number of amides is 1.